The van der Waals surface area contributed by atoms with Gasteiger partial charge in [0.05, 0.1) is 5.39 Å². The molecule has 0 aliphatic heterocycles. The van der Waals surface area contributed by atoms with Crippen molar-refractivity contribution >= 4 is 17.0 Å². The van der Waals surface area contributed by atoms with Crippen LogP contribution in [0.2, 0.25) is 0 Å². The lowest BCUT2D eigenvalue weighted by atomic mass is 9.86. The molecule has 0 N–H and O–H groups in total. The molecule has 1 aromatic carbocycles. The smallest absolute Gasteiger partial charge is 0.196 e. The molecular weight excluding hydrogens is 267 g/mol. The normalized spacial score (nSPS) is 17.3. The summed E-state index contributed by atoms with van der Waals surface area (Å²) in [7, 11) is 0. The first-order valence-corrected chi connectivity index (χ1v) is 7.11. The first-order chi connectivity index (χ1) is 10.1. The summed E-state index contributed by atoms with van der Waals surface area (Å²) in [5.41, 5.74) is 2.24. The van der Waals surface area contributed by atoms with E-state index in [1.54, 1.807) is 18.2 Å². The fourth-order valence-electron chi connectivity index (χ4n) is 2.79. The Morgan fingerprint density at radius 3 is 2.90 bits per heavy atom. The van der Waals surface area contributed by atoms with Gasteiger partial charge in [-0.1, -0.05) is 23.8 Å². The highest BCUT2D eigenvalue weighted by molar-refractivity contribution is 5.79. The van der Waals surface area contributed by atoms with Crippen LogP contribution in [0.3, 0.4) is 0 Å². The molecule has 0 amide bonds. The number of rotatable bonds is 2. The predicted octanol–water partition coefficient (Wildman–Crippen LogP) is 4.95. The number of para-hydroxylation sites is 1. The molecular formula is C18H17FO2. The van der Waals surface area contributed by atoms with Crippen molar-refractivity contribution in [3.63, 3.8) is 0 Å². The fourth-order valence-corrected chi connectivity index (χ4v) is 2.79. The quantitative estimate of drug-likeness (QED) is 0.731. The molecule has 1 heterocycles. The Labute approximate surface area is 122 Å². The van der Waals surface area contributed by atoms with Crippen molar-refractivity contribution in [1.82, 2.24) is 0 Å². The summed E-state index contributed by atoms with van der Waals surface area (Å²) >= 11 is 0. The first-order valence-electron chi connectivity index (χ1n) is 7.11. The second-order valence-electron chi connectivity index (χ2n) is 5.71. The Hall–Kier alpha value is -2.16. The minimum atomic E-state index is -0.229. The maximum atomic E-state index is 13.8. The molecule has 0 spiro atoms. The van der Waals surface area contributed by atoms with Crippen molar-refractivity contribution in [2.45, 2.75) is 32.6 Å². The Morgan fingerprint density at radius 2 is 2.14 bits per heavy atom. The van der Waals surface area contributed by atoms with Crippen LogP contribution in [0.25, 0.3) is 17.0 Å². The van der Waals surface area contributed by atoms with Gasteiger partial charge in [0, 0.05) is 24.0 Å². The van der Waals surface area contributed by atoms with Crippen molar-refractivity contribution in [2.24, 2.45) is 0 Å². The monoisotopic (exact) mass is 284 g/mol. The Bertz CT molecular complexity index is 808. The SMILES string of the molecule is CC(C)=CCC1CC(F)=Cc2oc3ccccc3c(=O)c21. The highest BCUT2D eigenvalue weighted by atomic mass is 19.1. The maximum Gasteiger partial charge on any atom is 0.196 e. The second-order valence-corrected chi connectivity index (χ2v) is 5.71. The summed E-state index contributed by atoms with van der Waals surface area (Å²) in [5, 5.41) is 0.564. The molecule has 3 heteroatoms. The van der Waals surface area contributed by atoms with Crippen molar-refractivity contribution < 1.29 is 8.81 Å². The van der Waals surface area contributed by atoms with Crippen molar-refractivity contribution in [2.75, 3.05) is 0 Å². The Morgan fingerprint density at radius 1 is 1.38 bits per heavy atom. The molecule has 21 heavy (non-hydrogen) atoms. The minimum Gasteiger partial charge on any atom is -0.456 e. The molecule has 0 fully saturated rings. The van der Waals surface area contributed by atoms with Crippen molar-refractivity contribution in [3.8, 4) is 0 Å². The third-order valence-electron chi connectivity index (χ3n) is 3.81. The largest absolute Gasteiger partial charge is 0.456 e. The van der Waals surface area contributed by atoms with E-state index in [2.05, 4.69) is 0 Å². The van der Waals surface area contributed by atoms with Gasteiger partial charge in [-0.2, -0.15) is 0 Å². The fraction of sp³-hybridized carbons (Fsp3) is 0.278. The molecule has 1 aliphatic rings. The third-order valence-corrected chi connectivity index (χ3v) is 3.81. The molecule has 1 unspecified atom stereocenters. The summed E-state index contributed by atoms with van der Waals surface area (Å²) < 4.78 is 19.6. The van der Waals surface area contributed by atoms with Gasteiger partial charge < -0.3 is 4.42 Å². The number of allylic oxidation sites excluding steroid dienone is 3. The molecule has 1 aromatic heterocycles. The average molecular weight is 284 g/mol. The zero-order chi connectivity index (χ0) is 15.0. The van der Waals surface area contributed by atoms with Crippen LogP contribution in [-0.2, 0) is 0 Å². The highest BCUT2D eigenvalue weighted by Gasteiger charge is 2.26. The topological polar surface area (TPSA) is 30.2 Å². The average Bonchev–Trinajstić information content (AvgIpc) is 2.44. The van der Waals surface area contributed by atoms with Crippen LogP contribution in [0.15, 0.2) is 51.0 Å². The van der Waals surface area contributed by atoms with Gasteiger partial charge in [-0.05, 0) is 32.4 Å². The number of hydrogen-bond donors (Lipinski definition) is 0. The summed E-state index contributed by atoms with van der Waals surface area (Å²) in [6, 6.07) is 7.12. The van der Waals surface area contributed by atoms with E-state index >= 15 is 0 Å². The van der Waals surface area contributed by atoms with Crippen LogP contribution < -0.4 is 5.43 Å². The van der Waals surface area contributed by atoms with Crippen LogP contribution in [0.4, 0.5) is 4.39 Å². The zero-order valence-corrected chi connectivity index (χ0v) is 12.2. The molecule has 1 aliphatic carbocycles. The molecule has 2 nitrogen and oxygen atoms in total. The van der Waals surface area contributed by atoms with Gasteiger partial charge in [-0.15, -0.1) is 0 Å². The van der Waals surface area contributed by atoms with Gasteiger partial charge in [0.25, 0.3) is 0 Å². The summed E-state index contributed by atoms with van der Waals surface area (Å²) in [6.45, 7) is 4.00. The Kier molecular flexibility index (Phi) is 3.50. The number of fused-ring (bicyclic) bond motifs is 2. The van der Waals surface area contributed by atoms with Gasteiger partial charge in [-0.25, -0.2) is 4.39 Å². The van der Waals surface area contributed by atoms with Gasteiger partial charge in [0.1, 0.15) is 17.2 Å². The summed E-state index contributed by atoms with van der Waals surface area (Å²) in [4.78, 5) is 12.7. The van der Waals surface area contributed by atoms with E-state index in [0.717, 1.165) is 5.57 Å². The van der Waals surface area contributed by atoms with Crippen LogP contribution in [-0.4, -0.2) is 0 Å². The van der Waals surface area contributed by atoms with E-state index in [1.165, 1.54) is 6.08 Å². The molecule has 0 saturated carbocycles. The molecule has 108 valence electrons. The molecule has 0 saturated heterocycles. The number of benzene rings is 1. The minimum absolute atomic E-state index is 0.0391. The lowest BCUT2D eigenvalue weighted by molar-refractivity contribution is 0.500. The van der Waals surface area contributed by atoms with Gasteiger partial charge >= 0.3 is 0 Å². The number of halogens is 1. The van der Waals surface area contributed by atoms with Crippen LogP contribution in [0.1, 0.15) is 43.9 Å². The van der Waals surface area contributed by atoms with E-state index in [-0.39, 0.29) is 23.6 Å². The predicted molar refractivity (Wildman–Crippen MR) is 83.0 cm³/mol. The maximum absolute atomic E-state index is 13.8. The highest BCUT2D eigenvalue weighted by Crippen LogP contribution is 2.36. The molecule has 2 aromatic rings. The zero-order valence-electron chi connectivity index (χ0n) is 12.2. The van der Waals surface area contributed by atoms with Gasteiger partial charge in [-0.3, -0.25) is 4.79 Å². The number of hydrogen-bond acceptors (Lipinski definition) is 2. The molecule has 3 rings (SSSR count). The second kappa shape index (κ2) is 5.32. The molecule has 1 atom stereocenters. The lowest BCUT2D eigenvalue weighted by Crippen LogP contribution is -2.18. The summed E-state index contributed by atoms with van der Waals surface area (Å²) in [5.74, 6) is -0.0107. The van der Waals surface area contributed by atoms with Crippen LogP contribution in [0, 0.1) is 0 Å². The van der Waals surface area contributed by atoms with Crippen molar-refractivity contribution in [3.05, 3.63) is 63.3 Å². The van der Waals surface area contributed by atoms with Crippen molar-refractivity contribution in [1.29, 1.82) is 0 Å². The molecule has 0 radical (unpaired) electrons. The van der Waals surface area contributed by atoms with Crippen LogP contribution >= 0.6 is 0 Å². The van der Waals surface area contributed by atoms with Gasteiger partial charge in [0.2, 0.25) is 0 Å². The van der Waals surface area contributed by atoms with E-state index < -0.39 is 0 Å². The van der Waals surface area contributed by atoms with E-state index in [0.29, 0.717) is 28.7 Å². The molecule has 0 bridgehead atoms. The lowest BCUT2D eigenvalue weighted by Gasteiger charge is -2.20. The standard InChI is InChI=1S/C18H17FO2/c1-11(2)7-8-12-9-13(19)10-16-17(12)18(20)14-5-3-4-6-15(14)21-16/h3-7,10,12H,8-9H2,1-2H3. The summed E-state index contributed by atoms with van der Waals surface area (Å²) in [6.07, 6.45) is 4.31. The van der Waals surface area contributed by atoms with Crippen LogP contribution in [0.5, 0.6) is 0 Å². The van der Waals surface area contributed by atoms with E-state index in [4.69, 9.17) is 4.42 Å². The van der Waals surface area contributed by atoms with E-state index in [9.17, 15) is 9.18 Å². The van der Waals surface area contributed by atoms with E-state index in [1.807, 2.05) is 26.0 Å². The Balaban J connectivity index is 2.21. The first kappa shape index (κ1) is 13.8. The third kappa shape index (κ3) is 2.56. The van der Waals surface area contributed by atoms with Gasteiger partial charge in [0.15, 0.2) is 5.43 Å².